The number of carbonyl (C=O) groups is 2. The maximum absolute atomic E-state index is 13.0. The average Bonchev–Trinajstić information content (AvgIpc) is 3.07. The van der Waals surface area contributed by atoms with Gasteiger partial charge in [0.15, 0.2) is 0 Å². The van der Waals surface area contributed by atoms with Crippen molar-refractivity contribution < 1.29 is 24.2 Å². The molecule has 136 valence electrons. The molecule has 0 aromatic heterocycles. The SMILES string of the molecule is COc1ccc2c(c1)NC(=O)[C@@]21C[C@H](C(=O)O)NC1CC(C)(C)OC. The highest BCUT2D eigenvalue weighted by Gasteiger charge is 2.59. The van der Waals surface area contributed by atoms with Crippen LogP contribution in [-0.2, 0) is 19.7 Å². The Kier molecular flexibility index (Phi) is 4.25. The third-order valence-corrected chi connectivity index (χ3v) is 5.43. The fourth-order valence-corrected chi connectivity index (χ4v) is 3.92. The fourth-order valence-electron chi connectivity index (χ4n) is 3.92. The van der Waals surface area contributed by atoms with E-state index in [4.69, 9.17) is 9.47 Å². The highest BCUT2D eigenvalue weighted by molar-refractivity contribution is 6.08. The molecule has 0 radical (unpaired) electrons. The highest BCUT2D eigenvalue weighted by atomic mass is 16.5. The van der Waals surface area contributed by atoms with Gasteiger partial charge in [-0.3, -0.25) is 9.59 Å². The van der Waals surface area contributed by atoms with Crippen molar-refractivity contribution in [3.05, 3.63) is 23.8 Å². The molecular formula is C18H24N2O5. The molecule has 2 heterocycles. The molecule has 1 amide bonds. The zero-order chi connectivity index (χ0) is 18.4. The summed E-state index contributed by atoms with van der Waals surface area (Å²) in [5.41, 5.74) is 0.0671. The summed E-state index contributed by atoms with van der Waals surface area (Å²) in [7, 11) is 3.18. The van der Waals surface area contributed by atoms with E-state index < -0.39 is 23.0 Å². The summed E-state index contributed by atoms with van der Waals surface area (Å²) in [5.74, 6) is -0.485. The number of anilines is 1. The predicted molar refractivity (Wildman–Crippen MR) is 92.0 cm³/mol. The summed E-state index contributed by atoms with van der Waals surface area (Å²) in [6, 6.07) is 4.29. The Morgan fingerprint density at radius 3 is 2.72 bits per heavy atom. The topological polar surface area (TPSA) is 96.9 Å². The molecule has 3 atom stereocenters. The molecule has 1 fully saturated rings. The van der Waals surface area contributed by atoms with Crippen molar-refractivity contribution in [1.29, 1.82) is 0 Å². The minimum Gasteiger partial charge on any atom is -0.497 e. The number of carboxylic acids is 1. The zero-order valence-electron chi connectivity index (χ0n) is 14.9. The van der Waals surface area contributed by atoms with Crippen molar-refractivity contribution in [1.82, 2.24) is 5.32 Å². The molecule has 2 aliphatic heterocycles. The van der Waals surface area contributed by atoms with Crippen LogP contribution >= 0.6 is 0 Å². The molecule has 1 spiro atoms. The number of methoxy groups -OCH3 is 2. The number of rotatable bonds is 5. The number of hydrogen-bond donors (Lipinski definition) is 3. The van der Waals surface area contributed by atoms with Crippen LogP contribution < -0.4 is 15.4 Å². The van der Waals surface area contributed by atoms with Crippen LogP contribution in [0.4, 0.5) is 5.69 Å². The lowest BCUT2D eigenvalue weighted by molar-refractivity contribution is -0.139. The molecular weight excluding hydrogens is 324 g/mol. The molecule has 1 aromatic carbocycles. The molecule has 25 heavy (non-hydrogen) atoms. The molecule has 7 heteroatoms. The Labute approximate surface area is 146 Å². The number of ether oxygens (including phenoxy) is 2. The van der Waals surface area contributed by atoms with Gasteiger partial charge in [-0.1, -0.05) is 6.07 Å². The normalized spacial score (nSPS) is 28.1. The van der Waals surface area contributed by atoms with Crippen LogP contribution in [0.5, 0.6) is 5.75 Å². The lowest BCUT2D eigenvalue weighted by Crippen LogP contribution is -2.49. The largest absolute Gasteiger partial charge is 0.497 e. The standard InChI is InChI=1S/C18H24N2O5/c1-17(2,25-4)9-14-18(8-13(19-14)15(21)22)11-6-5-10(24-3)7-12(11)20-16(18)23/h5-7,13-14,19H,8-9H2,1-4H3,(H,20,23)(H,21,22)/t13-,14?,18+/m1/s1. The molecule has 1 saturated heterocycles. The first kappa shape index (κ1) is 17.7. The summed E-state index contributed by atoms with van der Waals surface area (Å²) >= 11 is 0. The van der Waals surface area contributed by atoms with E-state index in [0.29, 0.717) is 17.9 Å². The second kappa shape index (κ2) is 6.00. The van der Waals surface area contributed by atoms with Gasteiger partial charge in [0.25, 0.3) is 0 Å². The summed E-state index contributed by atoms with van der Waals surface area (Å²) in [5, 5.41) is 15.5. The summed E-state index contributed by atoms with van der Waals surface area (Å²) < 4.78 is 10.7. The number of hydrogen-bond acceptors (Lipinski definition) is 5. The van der Waals surface area contributed by atoms with Crippen LogP contribution in [0.3, 0.4) is 0 Å². The number of carbonyl (C=O) groups excluding carboxylic acids is 1. The van der Waals surface area contributed by atoms with Crippen molar-refractivity contribution in [2.24, 2.45) is 0 Å². The van der Waals surface area contributed by atoms with Crippen molar-refractivity contribution in [2.45, 2.75) is 49.8 Å². The monoisotopic (exact) mass is 348 g/mol. The lowest BCUT2D eigenvalue weighted by atomic mass is 9.71. The Morgan fingerprint density at radius 2 is 2.12 bits per heavy atom. The Balaban J connectivity index is 2.07. The molecule has 3 N–H and O–H groups in total. The first-order chi connectivity index (χ1) is 11.7. The van der Waals surface area contributed by atoms with Gasteiger partial charge in [0, 0.05) is 24.9 Å². The van der Waals surface area contributed by atoms with Crippen molar-refractivity contribution in [3.63, 3.8) is 0 Å². The minimum atomic E-state index is -0.952. The van der Waals surface area contributed by atoms with Gasteiger partial charge in [-0.25, -0.2) is 0 Å². The van der Waals surface area contributed by atoms with Gasteiger partial charge >= 0.3 is 5.97 Å². The highest BCUT2D eigenvalue weighted by Crippen LogP contribution is 2.49. The maximum atomic E-state index is 13.0. The molecule has 1 aromatic rings. The smallest absolute Gasteiger partial charge is 0.320 e. The number of fused-ring (bicyclic) bond motifs is 2. The number of carboxylic acid groups (broad SMARTS) is 1. The van der Waals surface area contributed by atoms with Crippen molar-refractivity contribution >= 4 is 17.6 Å². The molecule has 7 nitrogen and oxygen atoms in total. The Bertz CT molecular complexity index is 717. The van der Waals surface area contributed by atoms with Crippen molar-refractivity contribution in [3.8, 4) is 5.75 Å². The van der Waals surface area contributed by atoms with Gasteiger partial charge in [-0.15, -0.1) is 0 Å². The Hall–Kier alpha value is -2.12. The quantitative estimate of drug-likeness (QED) is 0.746. The van der Waals surface area contributed by atoms with E-state index in [1.165, 1.54) is 0 Å². The van der Waals surface area contributed by atoms with Crippen LogP contribution in [-0.4, -0.2) is 48.9 Å². The van der Waals surface area contributed by atoms with Gasteiger partial charge in [0.05, 0.1) is 18.1 Å². The van der Waals surface area contributed by atoms with Gasteiger partial charge in [0.2, 0.25) is 5.91 Å². The van der Waals surface area contributed by atoms with E-state index in [1.54, 1.807) is 26.4 Å². The number of amides is 1. The summed E-state index contributed by atoms with van der Waals surface area (Å²) in [6.45, 7) is 3.86. The fraction of sp³-hybridized carbons (Fsp3) is 0.556. The molecule has 3 rings (SSSR count). The summed E-state index contributed by atoms with van der Waals surface area (Å²) in [4.78, 5) is 24.6. The molecule has 0 bridgehead atoms. The van der Waals surface area contributed by atoms with E-state index in [1.807, 2.05) is 19.9 Å². The van der Waals surface area contributed by atoms with E-state index in [-0.39, 0.29) is 18.4 Å². The maximum Gasteiger partial charge on any atom is 0.320 e. The number of aliphatic carboxylic acids is 1. The van der Waals surface area contributed by atoms with E-state index in [2.05, 4.69) is 10.6 Å². The minimum absolute atomic E-state index is 0.177. The third-order valence-electron chi connectivity index (χ3n) is 5.43. The molecule has 0 saturated carbocycles. The third kappa shape index (κ3) is 2.77. The van der Waals surface area contributed by atoms with Crippen LogP contribution in [0.1, 0.15) is 32.3 Å². The summed E-state index contributed by atoms with van der Waals surface area (Å²) in [6.07, 6.45) is 0.712. The second-order valence-corrected chi connectivity index (χ2v) is 7.32. The molecule has 2 aliphatic rings. The van der Waals surface area contributed by atoms with E-state index in [0.717, 1.165) is 5.56 Å². The predicted octanol–water partition coefficient (Wildman–Crippen LogP) is 1.52. The van der Waals surface area contributed by atoms with Gasteiger partial charge < -0.3 is 25.2 Å². The van der Waals surface area contributed by atoms with Gasteiger partial charge in [-0.05, 0) is 38.3 Å². The lowest BCUT2D eigenvalue weighted by Gasteiger charge is -2.34. The van der Waals surface area contributed by atoms with Crippen LogP contribution in [0.25, 0.3) is 0 Å². The Morgan fingerprint density at radius 1 is 1.40 bits per heavy atom. The first-order valence-electron chi connectivity index (χ1n) is 8.27. The molecule has 1 unspecified atom stereocenters. The number of nitrogens with one attached hydrogen (secondary N) is 2. The van der Waals surface area contributed by atoms with Crippen LogP contribution in [0, 0.1) is 0 Å². The zero-order valence-corrected chi connectivity index (χ0v) is 14.9. The van der Waals surface area contributed by atoms with Crippen molar-refractivity contribution in [2.75, 3.05) is 19.5 Å². The van der Waals surface area contributed by atoms with Crippen LogP contribution in [0.15, 0.2) is 18.2 Å². The van der Waals surface area contributed by atoms with Crippen LogP contribution in [0.2, 0.25) is 0 Å². The average molecular weight is 348 g/mol. The van der Waals surface area contributed by atoms with E-state index >= 15 is 0 Å². The van der Waals surface area contributed by atoms with Gasteiger partial charge in [0.1, 0.15) is 11.8 Å². The molecule has 0 aliphatic carbocycles. The van der Waals surface area contributed by atoms with E-state index in [9.17, 15) is 14.7 Å². The van der Waals surface area contributed by atoms with Gasteiger partial charge in [-0.2, -0.15) is 0 Å². The second-order valence-electron chi connectivity index (χ2n) is 7.32. The first-order valence-corrected chi connectivity index (χ1v) is 8.27. The number of benzene rings is 1.